The summed E-state index contributed by atoms with van der Waals surface area (Å²) in [7, 11) is 0. The van der Waals surface area contributed by atoms with Crippen molar-refractivity contribution < 1.29 is 14.3 Å². The number of ether oxygens (including phenoxy) is 1. The van der Waals surface area contributed by atoms with Crippen LogP contribution >= 0.6 is 0 Å². The van der Waals surface area contributed by atoms with Crippen molar-refractivity contribution in [2.45, 2.75) is 52.2 Å². The normalized spacial score (nSPS) is 14.8. The Balaban J connectivity index is 4.59. The Kier molecular flexibility index (Phi) is 4.72. The van der Waals surface area contributed by atoms with E-state index in [1.54, 1.807) is 34.6 Å². The summed E-state index contributed by atoms with van der Waals surface area (Å²) in [6.07, 6.45) is 0.396. The molecule has 0 saturated heterocycles. The van der Waals surface area contributed by atoms with Crippen molar-refractivity contribution in [1.29, 1.82) is 0 Å². The lowest BCUT2D eigenvalue weighted by Gasteiger charge is -2.31. The fourth-order valence-corrected chi connectivity index (χ4v) is 1.03. The Labute approximate surface area is 97.1 Å². The molecule has 0 rings (SSSR count). The number of alkyl carbamates (subject to hydrolysis) is 1. The zero-order valence-corrected chi connectivity index (χ0v) is 10.7. The van der Waals surface area contributed by atoms with Crippen molar-refractivity contribution >= 4 is 12.4 Å². The van der Waals surface area contributed by atoms with Gasteiger partial charge in [-0.15, -0.1) is 0 Å². The number of amides is 1. The van der Waals surface area contributed by atoms with E-state index in [1.165, 1.54) is 0 Å². The summed E-state index contributed by atoms with van der Waals surface area (Å²) in [6, 6.07) is 0. The first-order chi connectivity index (χ1) is 7.10. The van der Waals surface area contributed by atoms with E-state index < -0.39 is 17.2 Å². The number of aldehydes is 1. The van der Waals surface area contributed by atoms with Gasteiger partial charge < -0.3 is 14.8 Å². The molecule has 0 bridgehead atoms. The van der Waals surface area contributed by atoms with Crippen LogP contribution < -0.4 is 5.32 Å². The van der Waals surface area contributed by atoms with Crippen molar-refractivity contribution in [3.8, 4) is 0 Å². The van der Waals surface area contributed by atoms with Gasteiger partial charge in [0.15, 0.2) is 0 Å². The topological polar surface area (TPSA) is 55.4 Å². The number of carbonyl (C=O) groups excluding carboxylic acids is 2. The predicted molar refractivity (Wildman–Crippen MR) is 63.3 cm³/mol. The smallest absolute Gasteiger partial charge is 0.408 e. The van der Waals surface area contributed by atoms with E-state index in [0.29, 0.717) is 5.57 Å². The molecule has 0 aliphatic carbocycles. The van der Waals surface area contributed by atoms with E-state index in [9.17, 15) is 9.59 Å². The van der Waals surface area contributed by atoms with Crippen molar-refractivity contribution in [3.05, 3.63) is 12.2 Å². The van der Waals surface area contributed by atoms with Crippen molar-refractivity contribution in [1.82, 2.24) is 5.32 Å². The second-order valence-corrected chi connectivity index (χ2v) is 5.11. The van der Waals surface area contributed by atoms with Crippen LogP contribution in [0.5, 0.6) is 0 Å². The largest absolute Gasteiger partial charge is 0.444 e. The minimum atomic E-state index is -0.746. The molecule has 4 nitrogen and oxygen atoms in total. The Morgan fingerprint density at radius 3 is 2.19 bits per heavy atom. The van der Waals surface area contributed by atoms with Gasteiger partial charge in [0, 0.05) is 6.42 Å². The average molecular weight is 227 g/mol. The zero-order valence-electron chi connectivity index (χ0n) is 10.7. The summed E-state index contributed by atoms with van der Waals surface area (Å²) < 4.78 is 5.12. The maximum atomic E-state index is 11.6. The maximum Gasteiger partial charge on any atom is 0.408 e. The Morgan fingerprint density at radius 2 is 1.88 bits per heavy atom. The molecule has 0 radical (unpaired) electrons. The van der Waals surface area contributed by atoms with Gasteiger partial charge in [-0.05, 0) is 34.6 Å². The fourth-order valence-electron chi connectivity index (χ4n) is 1.03. The van der Waals surface area contributed by atoms with Crippen LogP contribution in [0, 0.1) is 0 Å². The summed E-state index contributed by atoms with van der Waals surface area (Å²) >= 11 is 0. The maximum absolute atomic E-state index is 11.6. The third-order valence-corrected chi connectivity index (χ3v) is 2.21. The van der Waals surface area contributed by atoms with Crippen LogP contribution in [-0.2, 0) is 9.53 Å². The van der Waals surface area contributed by atoms with Crippen LogP contribution in [0.3, 0.4) is 0 Å². The summed E-state index contributed by atoms with van der Waals surface area (Å²) in [6.45, 7) is 12.6. The molecule has 0 aromatic carbocycles. The highest BCUT2D eigenvalue weighted by Crippen LogP contribution is 2.18. The molecule has 0 saturated carbocycles. The molecule has 0 aliphatic rings. The summed E-state index contributed by atoms with van der Waals surface area (Å²) in [5.74, 6) is 0. The van der Waals surface area contributed by atoms with Gasteiger partial charge >= 0.3 is 6.09 Å². The standard InChI is InChI=1S/C12H21NO3/c1-9(2)12(6,7-8-14)13-10(15)16-11(3,4)5/h8H,1,7H2,2-6H3,(H,13,15)/t12-/m0/s1. The molecule has 0 heterocycles. The number of rotatable bonds is 4. The molecule has 1 amide bonds. The van der Waals surface area contributed by atoms with Gasteiger partial charge in [0.25, 0.3) is 0 Å². The molecule has 4 heteroatoms. The molecule has 16 heavy (non-hydrogen) atoms. The van der Waals surface area contributed by atoms with Crippen molar-refractivity contribution in [3.63, 3.8) is 0 Å². The van der Waals surface area contributed by atoms with Crippen LogP contribution in [0.25, 0.3) is 0 Å². The van der Waals surface area contributed by atoms with Crippen LogP contribution in [-0.4, -0.2) is 23.5 Å². The van der Waals surface area contributed by atoms with Gasteiger partial charge in [0.05, 0.1) is 5.54 Å². The molecular formula is C12H21NO3. The van der Waals surface area contributed by atoms with E-state index in [-0.39, 0.29) is 6.42 Å². The monoisotopic (exact) mass is 227 g/mol. The molecule has 0 fully saturated rings. The van der Waals surface area contributed by atoms with Crippen LogP contribution in [0.4, 0.5) is 4.79 Å². The average Bonchev–Trinajstić information content (AvgIpc) is 1.99. The summed E-state index contributed by atoms with van der Waals surface area (Å²) in [4.78, 5) is 22.1. The molecule has 0 unspecified atom stereocenters. The highest BCUT2D eigenvalue weighted by Gasteiger charge is 2.29. The van der Waals surface area contributed by atoms with E-state index in [0.717, 1.165) is 6.29 Å². The number of hydrogen-bond acceptors (Lipinski definition) is 3. The molecule has 0 spiro atoms. The van der Waals surface area contributed by atoms with Gasteiger partial charge in [-0.25, -0.2) is 4.79 Å². The lowest BCUT2D eigenvalue weighted by Crippen LogP contribution is -2.48. The van der Waals surface area contributed by atoms with Crippen LogP contribution in [0.1, 0.15) is 41.0 Å². The van der Waals surface area contributed by atoms with Gasteiger partial charge in [-0.2, -0.15) is 0 Å². The minimum Gasteiger partial charge on any atom is -0.444 e. The molecular weight excluding hydrogens is 206 g/mol. The van der Waals surface area contributed by atoms with E-state index >= 15 is 0 Å². The van der Waals surface area contributed by atoms with Gasteiger partial charge in [0.1, 0.15) is 11.9 Å². The minimum absolute atomic E-state index is 0.182. The molecule has 0 aromatic heterocycles. The fraction of sp³-hybridized carbons (Fsp3) is 0.667. The Morgan fingerprint density at radius 1 is 1.38 bits per heavy atom. The van der Waals surface area contributed by atoms with Crippen LogP contribution in [0.2, 0.25) is 0 Å². The van der Waals surface area contributed by atoms with Gasteiger partial charge in [-0.3, -0.25) is 0 Å². The predicted octanol–water partition coefficient (Wildman–Crippen LogP) is 2.43. The molecule has 0 aromatic rings. The Hall–Kier alpha value is -1.32. The highest BCUT2D eigenvalue weighted by atomic mass is 16.6. The first-order valence-electron chi connectivity index (χ1n) is 5.21. The molecule has 1 N–H and O–H groups in total. The zero-order chi connectivity index (χ0) is 13.0. The molecule has 1 atom stereocenters. The molecule has 0 aliphatic heterocycles. The van der Waals surface area contributed by atoms with E-state index in [4.69, 9.17) is 4.74 Å². The third kappa shape index (κ3) is 4.96. The van der Waals surface area contributed by atoms with E-state index in [1.807, 2.05) is 0 Å². The van der Waals surface area contributed by atoms with Gasteiger partial charge in [0.2, 0.25) is 0 Å². The van der Waals surface area contributed by atoms with Crippen LogP contribution in [0.15, 0.2) is 12.2 Å². The number of nitrogens with one attached hydrogen (secondary N) is 1. The second-order valence-electron chi connectivity index (χ2n) is 5.11. The lowest BCUT2D eigenvalue weighted by molar-refractivity contribution is -0.108. The number of carbonyl (C=O) groups is 2. The summed E-state index contributed by atoms with van der Waals surface area (Å²) in [5, 5.41) is 2.66. The first kappa shape index (κ1) is 14.7. The van der Waals surface area contributed by atoms with Gasteiger partial charge in [-0.1, -0.05) is 12.2 Å². The highest BCUT2D eigenvalue weighted by molar-refractivity contribution is 5.70. The third-order valence-electron chi connectivity index (χ3n) is 2.21. The molecule has 92 valence electrons. The summed E-state index contributed by atoms with van der Waals surface area (Å²) in [5.41, 5.74) is -0.587. The second kappa shape index (κ2) is 5.14. The quantitative estimate of drug-likeness (QED) is 0.593. The van der Waals surface area contributed by atoms with Crippen molar-refractivity contribution in [2.24, 2.45) is 0 Å². The lowest BCUT2D eigenvalue weighted by atomic mass is 9.91. The van der Waals surface area contributed by atoms with E-state index in [2.05, 4.69) is 11.9 Å². The Bertz CT molecular complexity index is 291. The van der Waals surface area contributed by atoms with Crippen molar-refractivity contribution in [2.75, 3.05) is 0 Å². The number of hydrogen-bond donors (Lipinski definition) is 1. The SMILES string of the molecule is C=C(C)[C@](C)(CC=O)NC(=O)OC(C)(C)C. The first-order valence-corrected chi connectivity index (χ1v) is 5.21.